The van der Waals surface area contributed by atoms with Gasteiger partial charge in [0.1, 0.15) is 35.0 Å². The Labute approximate surface area is 212 Å². The maximum absolute atomic E-state index is 13.9. The fourth-order valence-electron chi connectivity index (χ4n) is 3.90. The van der Waals surface area contributed by atoms with Crippen molar-refractivity contribution in [3.05, 3.63) is 92.8 Å². The number of aliphatic hydroxyl groups is 1. The smallest absolute Gasteiger partial charge is 0.277 e. The fraction of sp³-hybridized carbons (Fsp3) is 0.320. The number of aryl methyl sites for hydroxylation is 1. The van der Waals surface area contributed by atoms with Gasteiger partial charge in [-0.05, 0) is 45.4 Å². The van der Waals surface area contributed by atoms with Crippen molar-refractivity contribution < 1.29 is 14.2 Å². The molecule has 11 heteroatoms. The summed E-state index contributed by atoms with van der Waals surface area (Å²) in [5.41, 5.74) is 1.09. The number of rotatable bonds is 6. The summed E-state index contributed by atoms with van der Waals surface area (Å²) in [7, 11) is 1.90. The number of pyridine rings is 1. The van der Waals surface area contributed by atoms with Crippen molar-refractivity contribution in [3.8, 4) is 5.75 Å². The number of aromatic nitrogens is 5. The molecule has 3 aromatic rings. The summed E-state index contributed by atoms with van der Waals surface area (Å²) in [6, 6.07) is 3.07. The van der Waals surface area contributed by atoms with Crippen LogP contribution < -0.4 is 10.3 Å². The summed E-state index contributed by atoms with van der Waals surface area (Å²) in [6.45, 7) is 6.69. The van der Waals surface area contributed by atoms with Crippen LogP contribution in [0, 0.1) is 12.7 Å². The quantitative estimate of drug-likeness (QED) is 0.532. The van der Waals surface area contributed by atoms with Gasteiger partial charge in [-0.2, -0.15) is 0 Å². The molecule has 0 spiro atoms. The molecule has 1 aliphatic heterocycles. The first-order chi connectivity index (χ1) is 17.0. The average molecular weight is 513 g/mol. The Kier molecular flexibility index (Phi) is 6.92. The molecular weight excluding hydrogens is 487 g/mol. The molecule has 9 nitrogen and oxygen atoms in total. The van der Waals surface area contributed by atoms with Crippen molar-refractivity contribution in [2.45, 2.75) is 45.9 Å². The number of ether oxygens (including phenoxy) is 1. The second kappa shape index (κ2) is 9.79. The van der Waals surface area contributed by atoms with Crippen molar-refractivity contribution in [2.24, 2.45) is 0 Å². The first-order valence-electron chi connectivity index (χ1n) is 11.2. The molecule has 0 bridgehead atoms. The third-order valence-electron chi connectivity index (χ3n) is 5.73. The van der Waals surface area contributed by atoms with E-state index in [0.717, 1.165) is 11.8 Å². The largest absolute Gasteiger partial charge is 0.485 e. The molecule has 1 N–H and O–H groups in total. The zero-order valence-electron chi connectivity index (χ0n) is 20.5. The maximum Gasteiger partial charge on any atom is 0.277 e. The van der Waals surface area contributed by atoms with Gasteiger partial charge in [0.05, 0.1) is 23.6 Å². The molecule has 0 aliphatic carbocycles. The third-order valence-corrected chi connectivity index (χ3v) is 6.08. The van der Waals surface area contributed by atoms with E-state index >= 15 is 0 Å². The molecular formula is C25H26ClFN6O3. The van der Waals surface area contributed by atoms with E-state index in [2.05, 4.69) is 19.9 Å². The lowest BCUT2D eigenvalue weighted by Gasteiger charge is -2.31. The number of hydrogen-bond donors (Lipinski definition) is 1. The Bertz CT molecular complexity index is 1430. The summed E-state index contributed by atoms with van der Waals surface area (Å²) in [6.07, 6.45) is 7.67. The van der Waals surface area contributed by atoms with Gasteiger partial charge in [0.2, 0.25) is 0 Å². The Balaban J connectivity index is 1.72. The molecule has 3 aromatic heterocycles. The van der Waals surface area contributed by atoms with Gasteiger partial charge in [-0.3, -0.25) is 9.36 Å². The van der Waals surface area contributed by atoms with E-state index in [9.17, 15) is 14.3 Å². The molecule has 1 aliphatic rings. The van der Waals surface area contributed by atoms with Gasteiger partial charge < -0.3 is 14.7 Å². The maximum atomic E-state index is 13.9. The topological polar surface area (TPSA) is 106 Å². The van der Waals surface area contributed by atoms with E-state index in [1.807, 2.05) is 31.1 Å². The van der Waals surface area contributed by atoms with Crippen LogP contribution in [0.25, 0.3) is 5.70 Å². The van der Waals surface area contributed by atoms with E-state index in [-0.39, 0.29) is 29.1 Å². The van der Waals surface area contributed by atoms with E-state index < -0.39 is 17.0 Å². The summed E-state index contributed by atoms with van der Waals surface area (Å²) in [5, 5.41) is 10.2. The lowest BCUT2D eigenvalue weighted by atomic mass is 10.0. The molecule has 36 heavy (non-hydrogen) atoms. The van der Waals surface area contributed by atoms with Crippen LogP contribution in [0.3, 0.4) is 0 Å². The molecule has 1 atom stereocenters. The van der Waals surface area contributed by atoms with Crippen LogP contribution in [-0.4, -0.2) is 41.6 Å². The van der Waals surface area contributed by atoms with E-state index in [0.29, 0.717) is 22.9 Å². The predicted octanol–water partition coefficient (Wildman–Crippen LogP) is 3.77. The van der Waals surface area contributed by atoms with Gasteiger partial charge in [0.15, 0.2) is 11.6 Å². The second-order valence-corrected chi connectivity index (χ2v) is 9.43. The zero-order chi connectivity index (χ0) is 26.2. The van der Waals surface area contributed by atoms with Crippen LogP contribution in [0.4, 0.5) is 4.39 Å². The van der Waals surface area contributed by atoms with Crippen molar-refractivity contribution >= 4 is 17.3 Å². The SMILES string of the molecule is CC1=CN(C)C(c2ccnc(C(C)(C)O)n2)C=C1n1c(C)cc(OCc2ncncc2F)c(Cl)c1=O. The normalized spacial score (nSPS) is 16.0. The highest BCUT2D eigenvalue weighted by atomic mass is 35.5. The molecule has 0 fully saturated rings. The monoisotopic (exact) mass is 512 g/mol. The van der Waals surface area contributed by atoms with Crippen molar-refractivity contribution in [2.75, 3.05) is 7.05 Å². The zero-order valence-corrected chi connectivity index (χ0v) is 21.3. The highest BCUT2D eigenvalue weighted by molar-refractivity contribution is 6.31. The highest BCUT2D eigenvalue weighted by Crippen LogP contribution is 2.33. The number of halogens is 2. The van der Waals surface area contributed by atoms with Crippen molar-refractivity contribution in [1.29, 1.82) is 0 Å². The summed E-state index contributed by atoms with van der Waals surface area (Å²) < 4.78 is 21.0. The third kappa shape index (κ3) is 5.00. The highest BCUT2D eigenvalue weighted by Gasteiger charge is 2.26. The van der Waals surface area contributed by atoms with Crippen LogP contribution in [0.1, 0.15) is 49.7 Å². The van der Waals surface area contributed by atoms with Crippen LogP contribution >= 0.6 is 11.6 Å². The Morgan fingerprint density at radius 2 is 2.03 bits per heavy atom. The van der Waals surface area contributed by atoms with Crippen LogP contribution in [0.5, 0.6) is 5.75 Å². The van der Waals surface area contributed by atoms with E-state index in [1.54, 1.807) is 39.1 Å². The summed E-state index contributed by atoms with van der Waals surface area (Å²) >= 11 is 6.41. The van der Waals surface area contributed by atoms with E-state index in [1.165, 1.54) is 10.9 Å². The Hall–Kier alpha value is -3.63. The van der Waals surface area contributed by atoms with Gasteiger partial charge in [-0.1, -0.05) is 11.6 Å². The Morgan fingerprint density at radius 1 is 1.28 bits per heavy atom. The molecule has 0 saturated carbocycles. The molecule has 188 valence electrons. The number of allylic oxidation sites excluding steroid dienone is 2. The minimum absolute atomic E-state index is 0.0535. The minimum Gasteiger partial charge on any atom is -0.485 e. The molecule has 0 radical (unpaired) electrons. The second-order valence-electron chi connectivity index (χ2n) is 9.05. The summed E-state index contributed by atoms with van der Waals surface area (Å²) in [5.74, 6) is -0.183. The number of hydrogen-bond acceptors (Lipinski definition) is 8. The van der Waals surface area contributed by atoms with Crippen molar-refractivity contribution in [3.63, 3.8) is 0 Å². The number of nitrogens with zero attached hydrogens (tertiary/aromatic N) is 6. The lowest BCUT2D eigenvalue weighted by molar-refractivity contribution is 0.0682. The molecule has 0 saturated heterocycles. The molecule has 0 aromatic carbocycles. The summed E-state index contributed by atoms with van der Waals surface area (Å²) in [4.78, 5) is 31.5. The molecule has 0 amide bonds. The first kappa shape index (κ1) is 25.5. The van der Waals surface area contributed by atoms with Gasteiger partial charge >= 0.3 is 0 Å². The minimum atomic E-state index is -1.20. The van der Waals surface area contributed by atoms with Crippen molar-refractivity contribution in [1.82, 2.24) is 29.4 Å². The average Bonchev–Trinajstić information content (AvgIpc) is 2.82. The van der Waals surface area contributed by atoms with Gasteiger partial charge in [-0.25, -0.2) is 24.3 Å². The molecule has 1 unspecified atom stereocenters. The van der Waals surface area contributed by atoms with Crippen LogP contribution in [0.15, 0.2) is 53.5 Å². The molecule has 4 rings (SSSR count). The predicted molar refractivity (Wildman–Crippen MR) is 133 cm³/mol. The Morgan fingerprint density at radius 3 is 2.72 bits per heavy atom. The van der Waals surface area contributed by atoms with Crippen LogP contribution in [0.2, 0.25) is 5.02 Å². The lowest BCUT2D eigenvalue weighted by Crippen LogP contribution is -2.29. The standard InChI is InChI=1S/C25H26ClFN6O3/c1-14-11-32(5)20(17-6-7-29-24(31-17)25(3,4)35)9-19(14)33-15(2)8-21(22(26)23(33)34)36-12-18-16(27)10-28-13-30-18/h6-11,13,20,35H,12H2,1-5H3. The fourth-order valence-corrected chi connectivity index (χ4v) is 4.10. The van der Waals surface area contributed by atoms with Gasteiger partial charge in [0.25, 0.3) is 5.56 Å². The van der Waals surface area contributed by atoms with Crippen LogP contribution in [-0.2, 0) is 12.2 Å². The first-order valence-corrected chi connectivity index (χ1v) is 11.5. The molecule has 4 heterocycles. The van der Waals surface area contributed by atoms with Gasteiger partial charge in [0, 0.05) is 31.2 Å². The van der Waals surface area contributed by atoms with E-state index in [4.69, 9.17) is 16.3 Å². The number of likely N-dealkylation sites (N-methyl/N-ethyl adjacent to an activating group) is 1. The van der Waals surface area contributed by atoms with Gasteiger partial charge in [-0.15, -0.1) is 0 Å².